The number of ether oxygens (including phenoxy) is 1. The van der Waals surface area contributed by atoms with Gasteiger partial charge in [0.15, 0.2) is 0 Å². The minimum Gasteiger partial charge on any atom is -0.440 e. The van der Waals surface area contributed by atoms with Crippen molar-refractivity contribution in [3.8, 4) is 0 Å². The van der Waals surface area contributed by atoms with E-state index in [1.165, 1.54) is 5.57 Å². The number of nitrogens with one attached hydrogen (secondary N) is 1. The topological polar surface area (TPSA) is 61.9 Å². The van der Waals surface area contributed by atoms with Gasteiger partial charge in [0.1, 0.15) is 5.60 Å². The second-order valence-electron chi connectivity index (χ2n) is 10.3. The van der Waals surface area contributed by atoms with Gasteiger partial charge in [0, 0.05) is 38.0 Å². The molecule has 2 amide bonds. The molecule has 0 aliphatic carbocycles. The molecule has 1 unspecified atom stereocenters. The third kappa shape index (κ3) is 4.81. The number of hydrogen-bond acceptors (Lipinski definition) is 4. The molecule has 1 N–H and O–H groups in total. The van der Waals surface area contributed by atoms with E-state index < -0.39 is 5.60 Å². The molecule has 1 aromatic rings. The molecule has 3 aliphatic rings. The lowest BCUT2D eigenvalue weighted by molar-refractivity contribution is -0.0181. The molecule has 0 aromatic heterocycles. The molecule has 1 spiro atoms. The fourth-order valence-electron chi connectivity index (χ4n) is 6.07. The van der Waals surface area contributed by atoms with Gasteiger partial charge in [0.2, 0.25) is 0 Å². The minimum atomic E-state index is -0.392. The molecule has 3 heterocycles. The monoisotopic (exact) mass is 453 g/mol. The summed E-state index contributed by atoms with van der Waals surface area (Å²) < 4.78 is 6.15. The van der Waals surface area contributed by atoms with Crippen molar-refractivity contribution >= 4 is 12.0 Å². The Balaban J connectivity index is 1.50. The van der Waals surface area contributed by atoms with Crippen LogP contribution in [0, 0.1) is 19.8 Å². The molecule has 3 saturated heterocycles. The number of amides is 2. The molecule has 0 bridgehead atoms. The normalized spacial score (nSPS) is 23.0. The molecule has 6 heteroatoms. The maximum atomic E-state index is 13.3. The van der Waals surface area contributed by atoms with Gasteiger partial charge in [-0.25, -0.2) is 4.79 Å². The number of likely N-dealkylation sites (tertiary alicyclic amines) is 1. The van der Waals surface area contributed by atoms with Crippen molar-refractivity contribution in [2.75, 3.05) is 32.7 Å². The Hall–Kier alpha value is -2.34. The van der Waals surface area contributed by atoms with Gasteiger partial charge in [-0.3, -0.25) is 4.79 Å². The summed E-state index contributed by atoms with van der Waals surface area (Å²) in [6.45, 7) is 12.2. The van der Waals surface area contributed by atoms with E-state index in [4.69, 9.17) is 4.74 Å². The average molecular weight is 454 g/mol. The predicted molar refractivity (Wildman–Crippen MR) is 130 cm³/mol. The molecule has 180 valence electrons. The first kappa shape index (κ1) is 23.8. The molecule has 1 aromatic carbocycles. The highest BCUT2D eigenvalue weighted by Crippen LogP contribution is 2.43. The third-order valence-electron chi connectivity index (χ3n) is 7.74. The smallest absolute Gasteiger partial charge is 0.410 e. The van der Waals surface area contributed by atoms with E-state index in [2.05, 4.69) is 25.2 Å². The summed E-state index contributed by atoms with van der Waals surface area (Å²) in [5.74, 6) is 0.489. The van der Waals surface area contributed by atoms with Crippen molar-refractivity contribution < 1.29 is 14.3 Å². The molecule has 0 radical (unpaired) electrons. The Kier molecular flexibility index (Phi) is 7.13. The van der Waals surface area contributed by atoms with E-state index >= 15 is 0 Å². The summed E-state index contributed by atoms with van der Waals surface area (Å²) in [5, 5.41) is 3.43. The number of piperidine rings is 2. The zero-order valence-electron chi connectivity index (χ0n) is 20.7. The number of hydrogen-bond donors (Lipinski definition) is 1. The molecule has 3 fully saturated rings. The van der Waals surface area contributed by atoms with Crippen LogP contribution in [0.15, 0.2) is 29.8 Å². The summed E-state index contributed by atoms with van der Waals surface area (Å²) in [4.78, 5) is 30.3. The zero-order chi connectivity index (χ0) is 23.6. The van der Waals surface area contributed by atoms with Gasteiger partial charge >= 0.3 is 6.09 Å². The molecule has 0 saturated carbocycles. The van der Waals surface area contributed by atoms with Crippen LogP contribution in [0.3, 0.4) is 0 Å². The van der Waals surface area contributed by atoms with Crippen molar-refractivity contribution in [2.24, 2.45) is 5.92 Å². The molecule has 1 atom stereocenters. The molecule has 6 nitrogen and oxygen atoms in total. The highest BCUT2D eigenvalue weighted by molar-refractivity contribution is 5.97. The van der Waals surface area contributed by atoms with Gasteiger partial charge in [-0.1, -0.05) is 29.8 Å². The lowest BCUT2D eigenvalue weighted by atomic mass is 9.74. The number of nitrogens with zero attached hydrogens (tertiary/aromatic N) is 2. The summed E-state index contributed by atoms with van der Waals surface area (Å²) in [6, 6.07) is 6.13. The Morgan fingerprint density at radius 3 is 2.39 bits per heavy atom. The Bertz CT molecular complexity index is 887. The van der Waals surface area contributed by atoms with Crippen molar-refractivity contribution in [1.82, 2.24) is 15.1 Å². The lowest BCUT2D eigenvalue weighted by Gasteiger charge is -2.44. The molecular formula is C27H39N3O3. The standard InChI is InChI=1S/C27H39N3O3/c1-19(2)7-6-16-30-24(27(33-26(30)32)12-14-28-15-13-27)22-10-17-29(18-11-22)25(31)23-20(3)8-5-9-21(23)4/h5,7-9,22,24,28H,6,10-18H2,1-4H3. The SMILES string of the molecule is CC(C)=CCCN1C(=O)OC2(CCNCC2)C1C1CCN(C(=O)c2c(C)cccc2C)CC1. The second-order valence-corrected chi connectivity index (χ2v) is 10.3. The van der Waals surface area contributed by atoms with Crippen LogP contribution in [0.2, 0.25) is 0 Å². The number of aryl methyl sites for hydroxylation is 2. The van der Waals surface area contributed by atoms with Crippen molar-refractivity contribution in [3.05, 3.63) is 46.5 Å². The highest BCUT2D eigenvalue weighted by Gasteiger charge is 2.56. The molecular weight excluding hydrogens is 414 g/mol. The largest absolute Gasteiger partial charge is 0.440 e. The second kappa shape index (κ2) is 9.88. The van der Waals surface area contributed by atoms with E-state index in [0.29, 0.717) is 12.5 Å². The van der Waals surface area contributed by atoms with Crippen LogP contribution in [0.5, 0.6) is 0 Å². The van der Waals surface area contributed by atoms with Gasteiger partial charge in [-0.05, 0) is 77.1 Å². The Morgan fingerprint density at radius 1 is 1.15 bits per heavy atom. The van der Waals surface area contributed by atoms with E-state index in [1.54, 1.807) is 0 Å². The number of carbonyl (C=O) groups is 2. The van der Waals surface area contributed by atoms with Crippen LogP contribution in [-0.4, -0.2) is 66.2 Å². The summed E-state index contributed by atoms with van der Waals surface area (Å²) in [5.41, 5.74) is 3.80. The number of benzene rings is 1. The van der Waals surface area contributed by atoms with Crippen LogP contribution < -0.4 is 5.32 Å². The molecule has 33 heavy (non-hydrogen) atoms. The van der Waals surface area contributed by atoms with Crippen LogP contribution >= 0.6 is 0 Å². The quantitative estimate of drug-likeness (QED) is 0.669. The highest BCUT2D eigenvalue weighted by atomic mass is 16.6. The van der Waals surface area contributed by atoms with E-state index in [0.717, 1.165) is 75.0 Å². The molecule has 3 aliphatic heterocycles. The minimum absolute atomic E-state index is 0.0927. The number of carbonyl (C=O) groups excluding carboxylic acids is 2. The fraction of sp³-hybridized carbons (Fsp3) is 0.630. The van der Waals surface area contributed by atoms with Crippen LogP contribution in [0.4, 0.5) is 4.79 Å². The first-order valence-electron chi connectivity index (χ1n) is 12.5. The third-order valence-corrected chi connectivity index (χ3v) is 7.74. The first-order valence-corrected chi connectivity index (χ1v) is 12.5. The fourth-order valence-corrected chi connectivity index (χ4v) is 6.07. The van der Waals surface area contributed by atoms with E-state index in [1.807, 2.05) is 41.8 Å². The maximum absolute atomic E-state index is 13.3. The Morgan fingerprint density at radius 2 is 1.79 bits per heavy atom. The van der Waals surface area contributed by atoms with Crippen LogP contribution in [-0.2, 0) is 4.74 Å². The maximum Gasteiger partial charge on any atom is 0.410 e. The van der Waals surface area contributed by atoms with Gasteiger partial charge < -0.3 is 19.9 Å². The summed E-state index contributed by atoms with van der Waals surface area (Å²) in [6.07, 6.45) is 6.45. The lowest BCUT2D eigenvalue weighted by Crippen LogP contribution is -2.56. The number of rotatable bonds is 5. The van der Waals surface area contributed by atoms with Gasteiger partial charge in [-0.2, -0.15) is 0 Å². The summed E-state index contributed by atoms with van der Waals surface area (Å²) >= 11 is 0. The summed E-state index contributed by atoms with van der Waals surface area (Å²) in [7, 11) is 0. The first-order chi connectivity index (χ1) is 15.8. The van der Waals surface area contributed by atoms with Crippen LogP contribution in [0.25, 0.3) is 0 Å². The van der Waals surface area contributed by atoms with Gasteiger partial charge in [0.05, 0.1) is 6.04 Å². The van der Waals surface area contributed by atoms with Crippen molar-refractivity contribution in [3.63, 3.8) is 0 Å². The molecule has 4 rings (SSSR count). The zero-order valence-corrected chi connectivity index (χ0v) is 20.7. The van der Waals surface area contributed by atoms with Gasteiger partial charge in [0.25, 0.3) is 5.91 Å². The average Bonchev–Trinajstić information content (AvgIpc) is 3.04. The number of allylic oxidation sites excluding steroid dienone is 1. The van der Waals surface area contributed by atoms with Crippen molar-refractivity contribution in [2.45, 2.75) is 71.4 Å². The van der Waals surface area contributed by atoms with Gasteiger partial charge in [-0.15, -0.1) is 0 Å². The van der Waals surface area contributed by atoms with E-state index in [-0.39, 0.29) is 18.0 Å². The van der Waals surface area contributed by atoms with Crippen LogP contribution in [0.1, 0.15) is 67.4 Å². The Labute approximate surface area is 198 Å². The predicted octanol–water partition coefficient (Wildman–Crippen LogP) is 4.45. The van der Waals surface area contributed by atoms with E-state index in [9.17, 15) is 9.59 Å². The van der Waals surface area contributed by atoms with Crippen molar-refractivity contribution in [1.29, 1.82) is 0 Å².